The average molecular weight is 437 g/mol. The molecule has 0 amide bonds. The molecule has 0 aliphatic rings. The maximum Gasteiger partial charge on any atom is 0.226 e. The molecule has 0 aliphatic heterocycles. The number of rotatable bonds is 1. The van der Waals surface area contributed by atoms with Crippen molar-refractivity contribution in [3.63, 3.8) is 0 Å². The molecule has 0 spiro atoms. The lowest BCUT2D eigenvalue weighted by molar-refractivity contribution is -0.0979. The third-order valence-corrected chi connectivity index (χ3v) is 3.15. The van der Waals surface area contributed by atoms with Crippen LogP contribution in [0.3, 0.4) is 0 Å². The molecule has 2 aromatic heterocycles. The van der Waals surface area contributed by atoms with Crippen molar-refractivity contribution >= 4 is 36.5 Å². The number of hydrogen-bond acceptors (Lipinski definition) is 13. The van der Waals surface area contributed by atoms with Crippen molar-refractivity contribution in [2.75, 3.05) is 28.7 Å². The number of carbonyl (C=O) groups excluding carboxylic acids is 1. The lowest BCUT2D eigenvalue weighted by Crippen LogP contribution is -2.05. The molecule has 0 bridgehead atoms. The highest BCUT2D eigenvalue weighted by molar-refractivity contribution is 5.56. The zero-order valence-electron chi connectivity index (χ0n) is 16.9. The molecule has 0 fully saturated rings. The minimum absolute atomic E-state index is 0.0417. The van der Waals surface area contributed by atoms with Crippen LogP contribution in [0.1, 0.15) is 0 Å². The van der Waals surface area contributed by atoms with Gasteiger partial charge in [0, 0.05) is 5.56 Å². The van der Waals surface area contributed by atoms with Crippen LogP contribution in [0.5, 0.6) is 5.75 Å². The second-order valence-corrected chi connectivity index (χ2v) is 5.49. The largest absolute Gasteiger partial charge is 0.508 e. The summed E-state index contributed by atoms with van der Waals surface area (Å²) in [5.41, 5.74) is 27.2. The summed E-state index contributed by atoms with van der Waals surface area (Å²) in [4.78, 5) is 30.1. The number of aromatic hydroxyl groups is 1. The zero-order valence-corrected chi connectivity index (χ0v) is 16.9. The van der Waals surface area contributed by atoms with Crippen LogP contribution < -0.4 is 28.7 Å². The summed E-state index contributed by atoms with van der Waals surface area (Å²) in [5, 5.41) is 8.63. The Morgan fingerprint density at radius 2 is 0.844 bits per heavy atom. The molecule has 166 valence electrons. The van der Waals surface area contributed by atoms with Gasteiger partial charge in [-0.3, -0.25) is 0 Å². The van der Waals surface area contributed by atoms with Crippen LogP contribution in [0.4, 0.5) is 29.7 Å². The standard InChI is InChI=1S/C9H9N5.C6H6O.C3H6N6.CH2O/c10-8-12-7(13-9(11)14-8)6-4-2-1-3-5-6;7-6-4-2-1-3-5-6;4-1-7-2(5)9-3(6)8-1;1-2/h1-5H,(H4,10,11,12,13,14);1-5,7H;(H6,4,5,6,7,8,9);1H2. The number of phenols is 1. The predicted octanol–water partition coefficient (Wildman–Crippen LogP) is 0.528. The van der Waals surface area contributed by atoms with E-state index in [9.17, 15) is 0 Å². The third kappa shape index (κ3) is 9.42. The number of nitrogens with zero attached hydrogens (tertiary/aromatic N) is 6. The molecular weight excluding hydrogens is 414 g/mol. The normalized spacial score (nSPS) is 9.00. The smallest absolute Gasteiger partial charge is 0.226 e. The Hall–Kier alpha value is -5.07. The Balaban J connectivity index is 0.000000246. The van der Waals surface area contributed by atoms with Gasteiger partial charge in [-0.15, -0.1) is 0 Å². The number of benzene rings is 2. The van der Waals surface area contributed by atoms with E-state index in [0.717, 1.165) is 5.56 Å². The van der Waals surface area contributed by atoms with Crippen LogP contribution in [0.15, 0.2) is 60.7 Å². The molecular formula is C19H23N11O2. The molecule has 2 heterocycles. The van der Waals surface area contributed by atoms with Crippen molar-refractivity contribution < 1.29 is 9.90 Å². The summed E-state index contributed by atoms with van der Waals surface area (Å²) < 4.78 is 0. The van der Waals surface area contributed by atoms with E-state index in [1.807, 2.05) is 43.2 Å². The van der Waals surface area contributed by atoms with E-state index in [-0.39, 0.29) is 29.7 Å². The Morgan fingerprint density at radius 1 is 0.531 bits per heavy atom. The Kier molecular flexibility index (Phi) is 10.3. The molecule has 13 heteroatoms. The molecule has 0 saturated carbocycles. The number of nitrogen functional groups attached to an aromatic ring is 5. The highest BCUT2D eigenvalue weighted by Crippen LogP contribution is 2.14. The van der Waals surface area contributed by atoms with Gasteiger partial charge in [0.15, 0.2) is 5.82 Å². The first-order valence-electron chi connectivity index (χ1n) is 8.71. The fourth-order valence-corrected chi connectivity index (χ4v) is 1.98. The summed E-state index contributed by atoms with van der Waals surface area (Å²) in [7, 11) is 0. The number of aromatic nitrogens is 6. The molecule has 32 heavy (non-hydrogen) atoms. The number of hydrogen-bond donors (Lipinski definition) is 6. The number of anilines is 5. The number of carbonyl (C=O) groups is 1. The van der Waals surface area contributed by atoms with Gasteiger partial charge in [-0.05, 0) is 12.1 Å². The molecule has 0 atom stereocenters. The van der Waals surface area contributed by atoms with Gasteiger partial charge >= 0.3 is 0 Å². The highest BCUT2D eigenvalue weighted by Gasteiger charge is 2.03. The van der Waals surface area contributed by atoms with E-state index >= 15 is 0 Å². The molecule has 0 saturated heterocycles. The summed E-state index contributed by atoms with van der Waals surface area (Å²) >= 11 is 0. The second kappa shape index (κ2) is 13.2. The van der Waals surface area contributed by atoms with Crippen molar-refractivity contribution in [3.05, 3.63) is 60.7 Å². The van der Waals surface area contributed by atoms with Gasteiger partial charge in [-0.25, -0.2) is 0 Å². The van der Waals surface area contributed by atoms with Crippen molar-refractivity contribution in [2.24, 2.45) is 0 Å². The second-order valence-electron chi connectivity index (χ2n) is 5.49. The Bertz CT molecular complexity index is 1010. The first kappa shape index (κ1) is 25.0. The van der Waals surface area contributed by atoms with Crippen LogP contribution in [-0.4, -0.2) is 41.8 Å². The average Bonchev–Trinajstić information content (AvgIpc) is 2.76. The van der Waals surface area contributed by atoms with Gasteiger partial charge in [-0.1, -0.05) is 48.5 Å². The van der Waals surface area contributed by atoms with Crippen molar-refractivity contribution in [1.29, 1.82) is 0 Å². The topological polar surface area (TPSA) is 245 Å². The highest BCUT2D eigenvalue weighted by atomic mass is 16.3. The van der Waals surface area contributed by atoms with Gasteiger partial charge in [0.25, 0.3) is 0 Å². The summed E-state index contributed by atoms with van der Waals surface area (Å²) in [5.74, 6) is 1.21. The van der Waals surface area contributed by atoms with E-state index < -0.39 is 0 Å². The fraction of sp³-hybridized carbons (Fsp3) is 0. The molecule has 4 rings (SSSR count). The predicted molar refractivity (Wildman–Crippen MR) is 122 cm³/mol. The lowest BCUT2D eigenvalue weighted by atomic mass is 10.2. The van der Waals surface area contributed by atoms with Crippen molar-refractivity contribution in [1.82, 2.24) is 29.9 Å². The third-order valence-electron chi connectivity index (χ3n) is 3.15. The molecule has 13 nitrogen and oxygen atoms in total. The number of para-hydroxylation sites is 1. The van der Waals surface area contributed by atoms with Gasteiger partial charge in [0.1, 0.15) is 12.5 Å². The first-order valence-corrected chi connectivity index (χ1v) is 8.71. The molecule has 0 aliphatic carbocycles. The van der Waals surface area contributed by atoms with E-state index in [1.165, 1.54) is 0 Å². The Morgan fingerprint density at radius 3 is 1.16 bits per heavy atom. The van der Waals surface area contributed by atoms with Crippen LogP contribution >= 0.6 is 0 Å². The fourth-order valence-electron chi connectivity index (χ4n) is 1.98. The summed E-state index contributed by atoms with van der Waals surface area (Å²) in [6, 6.07) is 18.2. The number of nitrogens with two attached hydrogens (primary N) is 5. The molecule has 4 aromatic rings. The van der Waals surface area contributed by atoms with Crippen molar-refractivity contribution in [3.8, 4) is 17.1 Å². The van der Waals surface area contributed by atoms with E-state index in [2.05, 4.69) is 29.9 Å². The molecule has 0 radical (unpaired) electrons. The maximum absolute atomic E-state index is 8.63. The summed E-state index contributed by atoms with van der Waals surface area (Å²) in [6.07, 6.45) is 0. The van der Waals surface area contributed by atoms with Gasteiger partial charge < -0.3 is 38.6 Å². The monoisotopic (exact) mass is 437 g/mol. The number of phenolic OH excluding ortho intramolecular Hbond substituents is 1. The van der Waals surface area contributed by atoms with Crippen LogP contribution in [0.25, 0.3) is 11.4 Å². The van der Waals surface area contributed by atoms with E-state index in [0.29, 0.717) is 11.6 Å². The van der Waals surface area contributed by atoms with Gasteiger partial charge in [0.05, 0.1) is 0 Å². The van der Waals surface area contributed by atoms with Crippen molar-refractivity contribution in [2.45, 2.75) is 0 Å². The van der Waals surface area contributed by atoms with Crippen LogP contribution in [0.2, 0.25) is 0 Å². The van der Waals surface area contributed by atoms with Gasteiger partial charge in [-0.2, -0.15) is 29.9 Å². The first-order chi connectivity index (χ1) is 15.3. The quantitative estimate of drug-likeness (QED) is 0.238. The SMILES string of the molecule is C=O.Nc1nc(N)nc(-c2ccccc2)n1.Nc1nc(N)nc(N)n1.Oc1ccccc1. The minimum atomic E-state index is 0.0417. The van der Waals surface area contributed by atoms with E-state index in [4.69, 9.17) is 38.6 Å². The van der Waals surface area contributed by atoms with Crippen LogP contribution in [0, 0.1) is 0 Å². The Labute approximate surface area is 183 Å². The zero-order chi connectivity index (χ0) is 23.9. The van der Waals surface area contributed by atoms with E-state index in [1.54, 1.807) is 24.3 Å². The molecule has 0 unspecified atom stereocenters. The molecule has 2 aromatic carbocycles. The van der Waals surface area contributed by atoms with Crippen LogP contribution in [-0.2, 0) is 4.79 Å². The minimum Gasteiger partial charge on any atom is -0.508 e. The lowest BCUT2D eigenvalue weighted by Gasteiger charge is -2.00. The summed E-state index contributed by atoms with van der Waals surface area (Å²) in [6.45, 7) is 2.00. The van der Waals surface area contributed by atoms with Gasteiger partial charge in [0.2, 0.25) is 29.7 Å². The molecule has 11 N–H and O–H groups in total. The maximum atomic E-state index is 8.63.